The van der Waals surface area contributed by atoms with Crippen LogP contribution in [-0.4, -0.2) is 5.11 Å². The van der Waals surface area contributed by atoms with Gasteiger partial charge in [-0.25, -0.2) is 4.39 Å². The van der Waals surface area contributed by atoms with Crippen LogP contribution in [0.5, 0.6) is 0 Å². The van der Waals surface area contributed by atoms with Crippen molar-refractivity contribution in [3.63, 3.8) is 0 Å². The third kappa shape index (κ3) is 8.70. The van der Waals surface area contributed by atoms with Crippen LogP contribution in [0.1, 0.15) is 61.3 Å². The van der Waals surface area contributed by atoms with Gasteiger partial charge < -0.3 is 5.11 Å². The van der Waals surface area contributed by atoms with Gasteiger partial charge in [-0.1, -0.05) is 80.9 Å². The molecule has 0 heterocycles. The molecule has 1 N–H and O–H groups in total. The summed E-state index contributed by atoms with van der Waals surface area (Å²) in [4.78, 5) is 0. The molecule has 0 amide bonds. The average Bonchev–Trinajstić information content (AvgIpc) is 2.78. The van der Waals surface area contributed by atoms with Crippen molar-refractivity contribution in [2.75, 3.05) is 0 Å². The number of unbranched alkanes of at least 4 members (excludes halogenated alkanes) is 3. The molecule has 0 atom stereocenters. The molecule has 170 valence electrons. The highest BCUT2D eigenvalue weighted by atomic mass is 19.1. The van der Waals surface area contributed by atoms with Crippen LogP contribution in [0.4, 0.5) is 4.39 Å². The van der Waals surface area contributed by atoms with Crippen LogP contribution in [0.2, 0.25) is 0 Å². The number of rotatable bonds is 9. The highest BCUT2D eigenvalue weighted by molar-refractivity contribution is 5.70. The second-order valence-electron chi connectivity index (χ2n) is 8.42. The largest absolute Gasteiger partial charge is 0.513 e. The zero-order valence-electron chi connectivity index (χ0n) is 19.8. The lowest BCUT2D eigenvalue weighted by atomic mass is 9.94. The summed E-state index contributed by atoms with van der Waals surface area (Å²) in [6.45, 7) is 9.47. The molecule has 0 aromatic heterocycles. The molecule has 0 fully saturated rings. The third-order valence-electron chi connectivity index (χ3n) is 5.73. The highest BCUT2D eigenvalue weighted by Crippen LogP contribution is 2.27. The van der Waals surface area contributed by atoms with Gasteiger partial charge in [0.25, 0.3) is 0 Å². The number of hydrogen-bond acceptors (Lipinski definition) is 1. The zero-order chi connectivity index (χ0) is 23.3. The van der Waals surface area contributed by atoms with Gasteiger partial charge in [0.1, 0.15) is 5.82 Å². The minimum atomic E-state index is -0.150. The number of benzene rings is 3. The maximum atomic E-state index is 12.9. The van der Waals surface area contributed by atoms with E-state index in [0.717, 1.165) is 12.8 Å². The van der Waals surface area contributed by atoms with Gasteiger partial charge in [0.2, 0.25) is 0 Å². The summed E-state index contributed by atoms with van der Waals surface area (Å²) in [5.74, 6) is 0.104. The molecule has 0 aliphatic carbocycles. The van der Waals surface area contributed by atoms with Crippen LogP contribution in [0.3, 0.4) is 0 Å². The lowest BCUT2D eigenvalue weighted by molar-refractivity contribution is 0.397. The predicted octanol–water partition coefficient (Wildman–Crippen LogP) is 8.92. The number of aliphatic hydroxyl groups is 1. The summed E-state index contributed by atoms with van der Waals surface area (Å²) in [7, 11) is 0. The quantitative estimate of drug-likeness (QED) is 0.264. The summed E-state index contributed by atoms with van der Waals surface area (Å²) in [6.07, 6.45) is 7.75. The molecule has 3 aromatic rings. The number of aryl methyl sites for hydroxylation is 4. The van der Waals surface area contributed by atoms with Gasteiger partial charge in [0.05, 0.1) is 5.76 Å². The SMILES string of the molecule is C=C(O)CC.Cc1ccccc1-c1ccc(CCCCCCc2ccc(F)cc2)cc1C. The molecule has 0 spiro atoms. The van der Waals surface area contributed by atoms with E-state index in [1.54, 1.807) is 12.1 Å². The molecule has 3 aromatic carbocycles. The predicted molar refractivity (Wildman–Crippen MR) is 136 cm³/mol. The van der Waals surface area contributed by atoms with Crippen molar-refractivity contribution in [1.29, 1.82) is 0 Å². The van der Waals surface area contributed by atoms with Crippen molar-refractivity contribution in [3.05, 3.63) is 107 Å². The van der Waals surface area contributed by atoms with Crippen LogP contribution in [0.15, 0.2) is 79.1 Å². The molecule has 0 saturated heterocycles. The Morgan fingerprint density at radius 2 is 1.28 bits per heavy atom. The van der Waals surface area contributed by atoms with Crippen molar-refractivity contribution < 1.29 is 9.50 Å². The van der Waals surface area contributed by atoms with E-state index >= 15 is 0 Å². The van der Waals surface area contributed by atoms with Crippen molar-refractivity contribution in [2.45, 2.75) is 65.7 Å². The van der Waals surface area contributed by atoms with Crippen molar-refractivity contribution in [1.82, 2.24) is 0 Å². The molecule has 0 aliphatic heterocycles. The van der Waals surface area contributed by atoms with Gasteiger partial charge in [0.15, 0.2) is 0 Å². The molecule has 1 nitrogen and oxygen atoms in total. The molecule has 0 unspecified atom stereocenters. The molecule has 3 rings (SSSR count). The second-order valence-corrected chi connectivity index (χ2v) is 8.42. The van der Waals surface area contributed by atoms with Crippen LogP contribution < -0.4 is 0 Å². The minimum Gasteiger partial charge on any atom is -0.513 e. The Morgan fingerprint density at radius 1 is 0.750 bits per heavy atom. The Labute approximate surface area is 193 Å². The monoisotopic (exact) mass is 432 g/mol. The van der Waals surface area contributed by atoms with E-state index in [9.17, 15) is 4.39 Å². The molecule has 0 aliphatic rings. The summed E-state index contributed by atoms with van der Waals surface area (Å²) in [5, 5.41) is 8.17. The maximum absolute atomic E-state index is 12.9. The van der Waals surface area contributed by atoms with Gasteiger partial charge in [-0.05, 0) is 85.0 Å². The van der Waals surface area contributed by atoms with E-state index in [-0.39, 0.29) is 11.6 Å². The fraction of sp³-hybridized carbons (Fsp3) is 0.333. The molecular weight excluding hydrogens is 395 g/mol. The van der Waals surface area contributed by atoms with Crippen molar-refractivity contribution in [2.24, 2.45) is 0 Å². The first-order chi connectivity index (χ1) is 15.4. The van der Waals surface area contributed by atoms with Crippen LogP contribution in [0, 0.1) is 19.7 Å². The Kier molecular flexibility index (Phi) is 10.7. The summed E-state index contributed by atoms with van der Waals surface area (Å²) in [6, 6.07) is 22.4. The standard InChI is InChI=1S/C26H29F.C4H8O/c1-20-9-7-8-12-25(20)26-18-15-23(19-21(26)2)11-6-4-3-5-10-22-13-16-24(27)17-14-22;1-3-4(2)5/h7-9,12-19H,3-6,10-11H2,1-2H3;5H,2-3H2,1H3. The van der Waals surface area contributed by atoms with E-state index in [1.807, 2.05) is 19.1 Å². The highest BCUT2D eigenvalue weighted by Gasteiger charge is 2.05. The lowest BCUT2D eigenvalue weighted by Crippen LogP contribution is -1.92. The van der Waals surface area contributed by atoms with E-state index in [0.29, 0.717) is 6.42 Å². The van der Waals surface area contributed by atoms with E-state index in [1.165, 1.54) is 59.1 Å². The number of halogens is 1. The Balaban J connectivity index is 0.000000654. The zero-order valence-corrected chi connectivity index (χ0v) is 19.8. The van der Waals surface area contributed by atoms with Gasteiger partial charge in [0, 0.05) is 6.42 Å². The van der Waals surface area contributed by atoms with Crippen LogP contribution in [-0.2, 0) is 12.8 Å². The Hall–Kier alpha value is -2.87. The molecular formula is C30H37FO. The topological polar surface area (TPSA) is 20.2 Å². The smallest absolute Gasteiger partial charge is 0.123 e. The van der Waals surface area contributed by atoms with Gasteiger partial charge in [-0.3, -0.25) is 0 Å². The van der Waals surface area contributed by atoms with Gasteiger partial charge in [-0.2, -0.15) is 0 Å². The fourth-order valence-corrected chi connectivity index (χ4v) is 3.72. The lowest BCUT2D eigenvalue weighted by Gasteiger charge is -2.11. The summed E-state index contributed by atoms with van der Waals surface area (Å²) >= 11 is 0. The maximum Gasteiger partial charge on any atom is 0.123 e. The van der Waals surface area contributed by atoms with Crippen molar-refractivity contribution >= 4 is 0 Å². The Bertz CT molecular complexity index is 972. The molecule has 2 heteroatoms. The molecule has 32 heavy (non-hydrogen) atoms. The first kappa shape index (κ1) is 25.4. The molecule has 0 bridgehead atoms. The number of aliphatic hydroxyl groups excluding tert-OH is 1. The van der Waals surface area contributed by atoms with Crippen LogP contribution >= 0.6 is 0 Å². The average molecular weight is 433 g/mol. The van der Waals surface area contributed by atoms with Gasteiger partial charge >= 0.3 is 0 Å². The first-order valence-corrected chi connectivity index (χ1v) is 11.7. The Morgan fingerprint density at radius 3 is 1.84 bits per heavy atom. The van der Waals surface area contributed by atoms with Crippen molar-refractivity contribution in [3.8, 4) is 11.1 Å². The third-order valence-corrected chi connectivity index (χ3v) is 5.73. The number of hydrogen-bond donors (Lipinski definition) is 1. The van der Waals surface area contributed by atoms with E-state index in [2.05, 4.69) is 62.9 Å². The van der Waals surface area contributed by atoms with E-state index in [4.69, 9.17) is 5.11 Å². The number of allylic oxidation sites excluding steroid dienone is 1. The van der Waals surface area contributed by atoms with Gasteiger partial charge in [-0.15, -0.1) is 0 Å². The normalized spacial score (nSPS) is 10.4. The summed E-state index contributed by atoms with van der Waals surface area (Å²) < 4.78 is 12.9. The minimum absolute atomic E-state index is 0.150. The van der Waals surface area contributed by atoms with Crippen LogP contribution in [0.25, 0.3) is 11.1 Å². The fourth-order valence-electron chi connectivity index (χ4n) is 3.72. The molecule has 0 saturated carbocycles. The molecule has 0 radical (unpaired) electrons. The summed E-state index contributed by atoms with van der Waals surface area (Å²) in [5.41, 5.74) is 8.04. The van der Waals surface area contributed by atoms with E-state index < -0.39 is 0 Å². The first-order valence-electron chi connectivity index (χ1n) is 11.7. The second kappa shape index (κ2) is 13.5.